The molecule has 2 aromatic heterocycles. The Kier molecular flexibility index (Phi) is 9.06. The largest absolute Gasteiger partial charge is 0.338 e. The molecule has 58 heavy (non-hydrogen) atoms. The minimum atomic E-state index is -0.0999. The van der Waals surface area contributed by atoms with Crippen molar-refractivity contribution in [2.75, 3.05) is 0 Å². The van der Waals surface area contributed by atoms with Crippen LogP contribution >= 0.6 is 11.3 Å². The highest BCUT2D eigenvalue weighted by Gasteiger charge is 2.38. The van der Waals surface area contributed by atoms with E-state index in [1.54, 1.807) is 5.69 Å². The van der Waals surface area contributed by atoms with E-state index in [0.29, 0.717) is 0 Å². The molecular weight excluding hydrogens is 725 g/mol. The van der Waals surface area contributed by atoms with Crippen LogP contribution in [0.4, 0.5) is 0 Å². The zero-order valence-corrected chi connectivity index (χ0v) is 34.5. The summed E-state index contributed by atoms with van der Waals surface area (Å²) < 4.78 is 5.61. The monoisotopic (exact) mass is 776 g/mol. The number of fused-ring (bicyclic) bond motifs is 6. The number of benzene rings is 3. The number of hydrogen-bond acceptors (Lipinski definition) is 4. The van der Waals surface area contributed by atoms with E-state index in [-0.39, 0.29) is 23.5 Å². The van der Waals surface area contributed by atoms with Crippen LogP contribution in [0.25, 0.3) is 44.3 Å². The highest BCUT2D eigenvalue weighted by atomic mass is 32.1. The van der Waals surface area contributed by atoms with Crippen molar-refractivity contribution in [1.29, 1.82) is 0 Å². The molecule has 3 atom stereocenters. The van der Waals surface area contributed by atoms with E-state index in [0.717, 1.165) is 66.8 Å². The summed E-state index contributed by atoms with van der Waals surface area (Å²) in [7, 11) is 0. The van der Waals surface area contributed by atoms with Crippen molar-refractivity contribution in [2.45, 2.75) is 108 Å². The fraction of sp³-hybridized carbons (Fsp3) is 0.340. The van der Waals surface area contributed by atoms with Gasteiger partial charge < -0.3 is 4.57 Å². The van der Waals surface area contributed by atoms with E-state index < -0.39 is 0 Å². The second kappa shape index (κ2) is 14.6. The fourth-order valence-corrected chi connectivity index (χ4v) is 12.4. The number of aromatic nitrogens is 1. The Hall–Kier alpha value is -5.13. The van der Waals surface area contributed by atoms with Crippen molar-refractivity contribution in [1.82, 2.24) is 4.57 Å². The number of thiophene rings is 1. The average Bonchev–Trinajstić information content (AvgIpc) is 3.82. The SMILES string of the molecule is C=C1C(C2C=C(c3ccccc3)C=NC2C2=c3sc4cc5c(cc4c3=CCC2)c2c(n5C3(C)CCCCC3)CCC=C2)=NC(c2ccccc2)=NC1C1=CCCCC1. The third-order valence-corrected chi connectivity index (χ3v) is 15.3. The molecule has 1 fully saturated rings. The Morgan fingerprint density at radius 2 is 1.62 bits per heavy atom. The van der Waals surface area contributed by atoms with E-state index >= 15 is 0 Å². The molecule has 3 unspecified atom stereocenters. The topological polar surface area (TPSA) is 42.0 Å². The maximum Gasteiger partial charge on any atom is 0.155 e. The quantitative estimate of drug-likeness (QED) is 0.154. The highest BCUT2D eigenvalue weighted by Crippen LogP contribution is 2.44. The van der Waals surface area contributed by atoms with E-state index in [9.17, 15) is 0 Å². The summed E-state index contributed by atoms with van der Waals surface area (Å²) in [6.07, 6.45) is 29.8. The minimum absolute atomic E-state index is 0.0772. The zero-order chi connectivity index (χ0) is 38.8. The Morgan fingerprint density at radius 1 is 0.810 bits per heavy atom. The lowest BCUT2D eigenvalue weighted by Crippen LogP contribution is -2.39. The number of dihydropyridines is 1. The molecule has 4 heterocycles. The number of rotatable bonds is 6. The first-order valence-corrected chi connectivity index (χ1v) is 22.8. The van der Waals surface area contributed by atoms with E-state index in [4.69, 9.17) is 21.6 Å². The van der Waals surface area contributed by atoms with Gasteiger partial charge in [0.25, 0.3) is 0 Å². The van der Waals surface area contributed by atoms with Crippen LogP contribution in [-0.2, 0) is 12.0 Å². The molecule has 5 aromatic rings. The number of aliphatic imine (C=N–C) groups is 3. The van der Waals surface area contributed by atoms with E-state index in [1.807, 2.05) is 11.3 Å². The van der Waals surface area contributed by atoms with Crippen LogP contribution < -0.4 is 9.75 Å². The first-order chi connectivity index (χ1) is 28.5. The lowest BCUT2D eigenvalue weighted by molar-refractivity contribution is 0.220. The summed E-state index contributed by atoms with van der Waals surface area (Å²) in [4.78, 5) is 16.4. The second-order valence-corrected chi connectivity index (χ2v) is 18.7. The maximum atomic E-state index is 5.57. The Bertz CT molecular complexity index is 2800. The van der Waals surface area contributed by atoms with Gasteiger partial charge in [0.15, 0.2) is 5.84 Å². The predicted molar refractivity (Wildman–Crippen MR) is 248 cm³/mol. The molecule has 0 radical (unpaired) electrons. The van der Waals surface area contributed by atoms with Crippen molar-refractivity contribution < 1.29 is 0 Å². The molecular formula is C53H52N4S. The Morgan fingerprint density at radius 3 is 2.41 bits per heavy atom. The van der Waals surface area contributed by atoms with Crippen molar-refractivity contribution in [3.8, 4) is 0 Å². The van der Waals surface area contributed by atoms with Crippen LogP contribution in [0.5, 0.6) is 0 Å². The molecule has 290 valence electrons. The maximum absolute atomic E-state index is 5.57. The highest BCUT2D eigenvalue weighted by molar-refractivity contribution is 7.17. The van der Waals surface area contributed by atoms with Crippen molar-refractivity contribution in [3.05, 3.63) is 141 Å². The minimum Gasteiger partial charge on any atom is -0.338 e. The van der Waals surface area contributed by atoms with Crippen LogP contribution in [0, 0.1) is 5.92 Å². The van der Waals surface area contributed by atoms with Gasteiger partial charge in [-0.25, -0.2) is 4.99 Å². The summed E-state index contributed by atoms with van der Waals surface area (Å²) in [6.45, 7) is 7.38. The van der Waals surface area contributed by atoms with Gasteiger partial charge in [0.05, 0.1) is 23.3 Å². The summed E-state index contributed by atoms with van der Waals surface area (Å²) in [5.41, 5.74) is 12.9. The molecule has 0 saturated heterocycles. The molecule has 4 aliphatic carbocycles. The Balaban J connectivity index is 1.10. The van der Waals surface area contributed by atoms with Gasteiger partial charge in [-0.15, -0.1) is 11.3 Å². The van der Waals surface area contributed by atoms with E-state index in [2.05, 4.69) is 121 Å². The third kappa shape index (κ3) is 6.03. The number of hydrogen-bond donors (Lipinski definition) is 0. The van der Waals surface area contributed by atoms with Gasteiger partial charge in [-0.3, -0.25) is 9.98 Å². The smallest absolute Gasteiger partial charge is 0.155 e. The van der Waals surface area contributed by atoms with Crippen molar-refractivity contribution in [3.63, 3.8) is 0 Å². The van der Waals surface area contributed by atoms with Gasteiger partial charge in [0, 0.05) is 54.5 Å². The molecule has 1 saturated carbocycles. The lowest BCUT2D eigenvalue weighted by Gasteiger charge is -2.38. The van der Waals surface area contributed by atoms with Gasteiger partial charge in [-0.05, 0) is 116 Å². The normalized spacial score (nSPS) is 24.1. The van der Waals surface area contributed by atoms with Crippen molar-refractivity contribution in [2.24, 2.45) is 20.9 Å². The van der Waals surface area contributed by atoms with Gasteiger partial charge in [-0.1, -0.05) is 117 Å². The molecule has 0 N–H and O–H groups in total. The summed E-state index contributed by atoms with van der Waals surface area (Å²) in [5.74, 6) is 0.731. The third-order valence-electron chi connectivity index (χ3n) is 14.0. The van der Waals surface area contributed by atoms with Crippen molar-refractivity contribution >= 4 is 73.4 Å². The zero-order valence-electron chi connectivity index (χ0n) is 33.7. The van der Waals surface area contributed by atoms with Crippen LogP contribution in [0.3, 0.4) is 0 Å². The Labute approximate surface area is 346 Å². The average molecular weight is 777 g/mol. The standard InChI is InChI=1S/C53H52N4S/c1-34-48(36-20-9-4-10-21-36)55-52(37-22-11-5-12-23-37)56-49(34)44-30-38(35-18-7-3-8-19-35)33-54-50(44)41-26-17-25-40-43-31-42-39-24-13-14-27-45(39)57(53(2)28-15-6-16-29-53)46(42)32-47(43)58-51(40)41/h3,5,7-8,11-13,18-20,22-25,30-33,44,48,50H,1,4,6,9-10,14-17,21,26-29H2,2H3. The summed E-state index contributed by atoms with van der Waals surface area (Å²) in [6, 6.07) is 26.2. The molecule has 4 nitrogen and oxygen atoms in total. The van der Waals surface area contributed by atoms with Crippen LogP contribution in [-0.4, -0.2) is 34.4 Å². The second-order valence-electron chi connectivity index (χ2n) is 17.7. The molecule has 5 heteroatoms. The van der Waals surface area contributed by atoms with Gasteiger partial charge in [0.2, 0.25) is 0 Å². The van der Waals surface area contributed by atoms with Crippen LogP contribution in [0.1, 0.15) is 106 Å². The fourth-order valence-electron chi connectivity index (χ4n) is 11.1. The van der Waals surface area contributed by atoms with Gasteiger partial charge in [-0.2, -0.15) is 0 Å². The molecule has 2 aliphatic heterocycles. The molecule has 0 spiro atoms. The molecule has 0 bridgehead atoms. The summed E-state index contributed by atoms with van der Waals surface area (Å²) in [5, 5.41) is 4.23. The molecule has 6 aliphatic rings. The predicted octanol–water partition coefficient (Wildman–Crippen LogP) is 11.7. The van der Waals surface area contributed by atoms with Gasteiger partial charge >= 0.3 is 0 Å². The summed E-state index contributed by atoms with van der Waals surface area (Å²) >= 11 is 1.99. The van der Waals surface area contributed by atoms with Crippen LogP contribution in [0.2, 0.25) is 0 Å². The van der Waals surface area contributed by atoms with Gasteiger partial charge in [0.1, 0.15) is 0 Å². The molecule has 11 rings (SSSR count). The molecule has 3 aromatic carbocycles. The number of amidine groups is 1. The lowest BCUT2D eigenvalue weighted by atomic mass is 9.77. The first-order valence-electron chi connectivity index (χ1n) is 21.9. The first kappa shape index (κ1) is 36.0. The number of nitrogens with zero attached hydrogens (tertiary/aromatic N) is 4. The molecule has 0 amide bonds. The van der Waals surface area contributed by atoms with E-state index in [1.165, 1.54) is 98.0 Å². The van der Waals surface area contributed by atoms with Crippen LogP contribution in [0.15, 0.2) is 124 Å². The number of allylic oxidation sites excluding steroid dienone is 3.